The molecule has 1 aromatic rings. The van der Waals surface area contributed by atoms with Crippen LogP contribution in [0.2, 0.25) is 0 Å². The summed E-state index contributed by atoms with van der Waals surface area (Å²) >= 11 is 0. The first-order valence-electron chi connectivity index (χ1n) is 6.31. The van der Waals surface area contributed by atoms with Gasteiger partial charge < -0.3 is 9.67 Å². The van der Waals surface area contributed by atoms with Gasteiger partial charge in [-0.05, 0) is 45.2 Å². The first kappa shape index (κ1) is 14.5. The van der Waals surface area contributed by atoms with Gasteiger partial charge in [0.15, 0.2) is 0 Å². The van der Waals surface area contributed by atoms with E-state index in [1.807, 2.05) is 33.8 Å². The second-order valence-electron chi connectivity index (χ2n) is 4.77. The van der Waals surface area contributed by atoms with Gasteiger partial charge in [-0.1, -0.05) is 6.92 Å². The Balaban J connectivity index is 3.26. The monoisotopic (exact) mass is 251 g/mol. The third-order valence-electron chi connectivity index (χ3n) is 3.38. The summed E-state index contributed by atoms with van der Waals surface area (Å²) < 4.78 is 1.77. The molecular weight excluding hydrogens is 230 g/mol. The Hall–Kier alpha value is -1.58. The molecule has 0 aromatic carbocycles. The van der Waals surface area contributed by atoms with Crippen molar-refractivity contribution in [1.82, 2.24) is 4.57 Å². The molecule has 0 saturated carbocycles. The Bertz CT molecular complexity index is 502. The van der Waals surface area contributed by atoms with Crippen LogP contribution in [0.1, 0.15) is 49.6 Å². The molecule has 1 N–H and O–H groups in total. The van der Waals surface area contributed by atoms with E-state index in [4.69, 9.17) is 5.11 Å². The summed E-state index contributed by atoms with van der Waals surface area (Å²) in [4.78, 5) is 23.0. The van der Waals surface area contributed by atoms with Crippen LogP contribution in [-0.4, -0.2) is 15.6 Å². The fraction of sp³-hybridized carbons (Fsp3) is 0.571. The summed E-state index contributed by atoms with van der Waals surface area (Å²) in [6.45, 7) is 7.83. The number of hydrogen-bond acceptors (Lipinski definition) is 2. The molecule has 0 aliphatic rings. The van der Waals surface area contributed by atoms with Gasteiger partial charge in [0.05, 0.1) is 0 Å². The largest absolute Gasteiger partial charge is 0.481 e. The van der Waals surface area contributed by atoms with Crippen LogP contribution in [0.5, 0.6) is 0 Å². The average molecular weight is 251 g/mol. The van der Waals surface area contributed by atoms with Crippen molar-refractivity contribution in [3.8, 4) is 0 Å². The van der Waals surface area contributed by atoms with E-state index in [1.54, 1.807) is 4.57 Å². The minimum atomic E-state index is -0.871. The molecule has 0 bridgehead atoms. The summed E-state index contributed by atoms with van der Waals surface area (Å²) in [5, 5.41) is 8.73. The molecule has 1 heterocycles. The van der Waals surface area contributed by atoms with Gasteiger partial charge >= 0.3 is 5.97 Å². The topological polar surface area (TPSA) is 59.3 Å². The Morgan fingerprint density at radius 1 is 1.44 bits per heavy atom. The number of aryl methyl sites for hydroxylation is 2. The molecule has 4 heteroatoms. The third-order valence-corrected chi connectivity index (χ3v) is 3.38. The van der Waals surface area contributed by atoms with Gasteiger partial charge in [0.1, 0.15) is 0 Å². The van der Waals surface area contributed by atoms with Crippen molar-refractivity contribution in [2.24, 2.45) is 0 Å². The van der Waals surface area contributed by atoms with Gasteiger partial charge in [-0.3, -0.25) is 9.59 Å². The number of carboxylic acids is 1. The summed E-state index contributed by atoms with van der Waals surface area (Å²) in [5.41, 5.74) is 2.41. The Morgan fingerprint density at radius 3 is 2.56 bits per heavy atom. The predicted molar refractivity (Wildman–Crippen MR) is 71.1 cm³/mol. The second-order valence-corrected chi connectivity index (χ2v) is 4.77. The van der Waals surface area contributed by atoms with E-state index in [-0.39, 0.29) is 18.0 Å². The van der Waals surface area contributed by atoms with Crippen molar-refractivity contribution < 1.29 is 9.90 Å². The molecule has 0 aliphatic carbocycles. The molecule has 0 aliphatic heterocycles. The highest BCUT2D eigenvalue weighted by Crippen LogP contribution is 2.14. The van der Waals surface area contributed by atoms with Crippen LogP contribution in [0.3, 0.4) is 0 Å². The lowest BCUT2D eigenvalue weighted by Crippen LogP contribution is -2.29. The quantitative estimate of drug-likeness (QED) is 0.874. The molecule has 0 saturated heterocycles. The van der Waals surface area contributed by atoms with Crippen LogP contribution in [0.25, 0.3) is 0 Å². The normalized spacial score (nSPS) is 12.4. The number of hydrogen-bond donors (Lipinski definition) is 1. The molecular formula is C14H21NO3. The summed E-state index contributed by atoms with van der Waals surface area (Å²) in [6, 6.07) is 2.10. The maximum atomic E-state index is 12.4. The lowest BCUT2D eigenvalue weighted by molar-refractivity contribution is -0.136. The molecule has 100 valence electrons. The van der Waals surface area contributed by atoms with E-state index >= 15 is 0 Å². The Labute approximate surface area is 107 Å². The first-order chi connectivity index (χ1) is 8.38. The first-order valence-corrected chi connectivity index (χ1v) is 6.31. The second kappa shape index (κ2) is 5.85. The smallest absolute Gasteiger partial charge is 0.303 e. The molecule has 0 spiro atoms. The molecule has 1 aromatic heterocycles. The van der Waals surface area contributed by atoms with Crippen molar-refractivity contribution in [3.63, 3.8) is 0 Å². The molecule has 18 heavy (non-hydrogen) atoms. The molecule has 0 radical (unpaired) electrons. The zero-order chi connectivity index (χ0) is 13.9. The molecule has 1 unspecified atom stereocenters. The molecule has 1 rings (SSSR count). The molecule has 1 atom stereocenters. The summed E-state index contributed by atoms with van der Waals surface area (Å²) in [5.74, 6) is -0.871. The fourth-order valence-electron chi connectivity index (χ4n) is 2.21. The van der Waals surface area contributed by atoms with Crippen molar-refractivity contribution >= 4 is 5.97 Å². The molecule has 4 nitrogen and oxygen atoms in total. The van der Waals surface area contributed by atoms with Gasteiger partial charge in [-0.2, -0.15) is 0 Å². The highest BCUT2D eigenvalue weighted by molar-refractivity contribution is 5.67. The van der Waals surface area contributed by atoms with E-state index in [0.717, 1.165) is 17.7 Å². The van der Waals surface area contributed by atoms with Crippen LogP contribution >= 0.6 is 0 Å². The highest BCUT2D eigenvalue weighted by Gasteiger charge is 2.14. The van der Waals surface area contributed by atoms with E-state index in [2.05, 4.69) is 0 Å². The maximum Gasteiger partial charge on any atom is 0.303 e. The summed E-state index contributed by atoms with van der Waals surface area (Å²) in [7, 11) is 0. The van der Waals surface area contributed by atoms with Gasteiger partial charge in [0.25, 0.3) is 5.56 Å². The van der Waals surface area contributed by atoms with Crippen molar-refractivity contribution in [1.29, 1.82) is 0 Å². The highest BCUT2D eigenvalue weighted by atomic mass is 16.4. The number of carbonyl (C=O) groups is 1. The molecule has 0 fully saturated rings. The zero-order valence-electron chi connectivity index (χ0n) is 11.5. The van der Waals surface area contributed by atoms with Crippen LogP contribution in [-0.2, 0) is 11.2 Å². The van der Waals surface area contributed by atoms with Gasteiger partial charge in [-0.25, -0.2) is 0 Å². The number of aromatic nitrogens is 1. The summed E-state index contributed by atoms with van der Waals surface area (Å²) in [6.07, 6.45) is 1.18. The molecule has 0 amide bonds. The number of rotatable bonds is 5. The van der Waals surface area contributed by atoms with Crippen LogP contribution in [0.15, 0.2) is 10.9 Å². The van der Waals surface area contributed by atoms with Crippen LogP contribution < -0.4 is 5.56 Å². The van der Waals surface area contributed by atoms with E-state index in [9.17, 15) is 9.59 Å². The standard InChI is InChI=1S/C14H21NO3/c1-5-10(3)15-11(4)8-9(2)12(14(15)18)6-7-13(16)17/h8,10H,5-7H2,1-4H3,(H,16,17). The van der Waals surface area contributed by atoms with Crippen molar-refractivity contribution in [3.05, 3.63) is 33.2 Å². The number of carboxylic acid groups (broad SMARTS) is 1. The van der Waals surface area contributed by atoms with E-state index in [1.165, 1.54) is 0 Å². The fourth-order valence-corrected chi connectivity index (χ4v) is 2.21. The zero-order valence-corrected chi connectivity index (χ0v) is 11.5. The number of pyridine rings is 1. The van der Waals surface area contributed by atoms with E-state index in [0.29, 0.717) is 12.0 Å². The van der Waals surface area contributed by atoms with Gasteiger partial charge in [0.2, 0.25) is 0 Å². The lowest BCUT2D eigenvalue weighted by Gasteiger charge is -2.19. The SMILES string of the molecule is CCC(C)n1c(C)cc(C)c(CCC(=O)O)c1=O. The maximum absolute atomic E-state index is 12.4. The lowest BCUT2D eigenvalue weighted by atomic mass is 10.0. The Kier molecular flexibility index (Phi) is 4.70. The third kappa shape index (κ3) is 3.00. The van der Waals surface area contributed by atoms with Crippen molar-refractivity contribution in [2.75, 3.05) is 0 Å². The minimum absolute atomic E-state index is 0.000350. The van der Waals surface area contributed by atoms with Crippen LogP contribution in [0, 0.1) is 13.8 Å². The van der Waals surface area contributed by atoms with Gasteiger partial charge in [0, 0.05) is 23.7 Å². The Morgan fingerprint density at radius 2 is 2.06 bits per heavy atom. The van der Waals surface area contributed by atoms with Gasteiger partial charge in [-0.15, -0.1) is 0 Å². The van der Waals surface area contributed by atoms with E-state index < -0.39 is 5.97 Å². The van der Waals surface area contributed by atoms with Crippen LogP contribution in [0.4, 0.5) is 0 Å². The minimum Gasteiger partial charge on any atom is -0.481 e. The average Bonchev–Trinajstić information content (AvgIpc) is 2.27. The predicted octanol–water partition coefficient (Wildman–Crippen LogP) is 2.45. The van der Waals surface area contributed by atoms with Crippen molar-refractivity contribution in [2.45, 2.75) is 53.0 Å². The number of nitrogens with zero attached hydrogens (tertiary/aromatic N) is 1. The number of aliphatic carboxylic acids is 1.